The van der Waals surface area contributed by atoms with Crippen LogP contribution in [0.25, 0.3) is 0 Å². The molecule has 5 nitrogen and oxygen atoms in total. The number of carbonyl (C=O) groups excluding carboxylic acids is 1. The van der Waals surface area contributed by atoms with Crippen LogP contribution < -0.4 is 5.32 Å². The Hall–Kier alpha value is -2.16. The van der Waals surface area contributed by atoms with Gasteiger partial charge in [0.25, 0.3) is 0 Å². The lowest BCUT2D eigenvalue weighted by Gasteiger charge is -2.15. The number of hydrogen-bond acceptors (Lipinski definition) is 4. The fraction of sp³-hybridized carbons (Fsp3) is 0.600. The molecule has 1 amide bonds. The Morgan fingerprint density at radius 2 is 1.86 bits per heavy atom. The number of amides is 1. The van der Waals surface area contributed by atoms with Crippen LogP contribution in [-0.4, -0.2) is 43.9 Å². The number of alkyl halides is 4. The zero-order valence-corrected chi connectivity index (χ0v) is 16.0. The van der Waals surface area contributed by atoms with Crippen LogP contribution in [0.2, 0.25) is 0 Å². The molecule has 2 rings (SSSR count). The highest BCUT2D eigenvalue weighted by atomic mass is 19.3. The minimum atomic E-state index is -2.93. The Labute approximate surface area is 167 Å². The first-order valence-corrected chi connectivity index (χ1v) is 9.64. The quantitative estimate of drug-likeness (QED) is 0.172. The second-order valence-corrected chi connectivity index (χ2v) is 7.00. The smallest absolute Gasteiger partial charge is 0.345 e. The summed E-state index contributed by atoms with van der Waals surface area (Å²) >= 11 is 0. The molecule has 0 aromatic heterocycles. The van der Waals surface area contributed by atoms with Gasteiger partial charge in [0.15, 0.2) is 5.84 Å². The number of hydrogen-bond donors (Lipinski definition) is 1. The van der Waals surface area contributed by atoms with E-state index in [0.717, 1.165) is 18.4 Å². The van der Waals surface area contributed by atoms with Gasteiger partial charge in [0.2, 0.25) is 5.91 Å². The van der Waals surface area contributed by atoms with Crippen molar-refractivity contribution in [2.45, 2.75) is 57.5 Å². The van der Waals surface area contributed by atoms with E-state index in [4.69, 9.17) is 4.84 Å². The van der Waals surface area contributed by atoms with Gasteiger partial charge in [-0.1, -0.05) is 35.5 Å². The predicted molar refractivity (Wildman–Crippen MR) is 100.0 cm³/mol. The third kappa shape index (κ3) is 10.3. The van der Waals surface area contributed by atoms with E-state index in [1.165, 1.54) is 0 Å². The van der Waals surface area contributed by atoms with E-state index in [1.807, 2.05) is 6.07 Å². The van der Waals surface area contributed by atoms with Gasteiger partial charge in [0.05, 0.1) is 13.0 Å². The van der Waals surface area contributed by atoms with Crippen LogP contribution in [0.4, 0.5) is 17.6 Å². The molecule has 1 saturated carbocycles. The van der Waals surface area contributed by atoms with Crippen molar-refractivity contribution in [3.05, 3.63) is 35.9 Å². The number of ether oxygens (including phenoxy) is 1. The molecule has 0 aliphatic heterocycles. The molecular formula is C20H26F4N2O3. The van der Waals surface area contributed by atoms with Crippen LogP contribution in [0.5, 0.6) is 0 Å². The van der Waals surface area contributed by atoms with Crippen molar-refractivity contribution in [3.8, 4) is 0 Å². The van der Waals surface area contributed by atoms with Crippen LogP contribution in [0.3, 0.4) is 0 Å². The number of rotatable bonds is 13. The van der Waals surface area contributed by atoms with Gasteiger partial charge < -0.3 is 14.9 Å². The molecule has 0 spiro atoms. The molecule has 2 unspecified atom stereocenters. The Bertz CT molecular complexity index is 642. The average molecular weight is 418 g/mol. The van der Waals surface area contributed by atoms with Crippen molar-refractivity contribution < 1.29 is 31.9 Å². The molecule has 2 atom stereocenters. The van der Waals surface area contributed by atoms with Crippen molar-refractivity contribution in [2.75, 3.05) is 13.2 Å². The molecule has 29 heavy (non-hydrogen) atoms. The first-order chi connectivity index (χ1) is 13.9. The molecule has 1 aliphatic rings. The topological polar surface area (TPSA) is 59.9 Å². The highest BCUT2D eigenvalue weighted by Gasteiger charge is 2.25. The van der Waals surface area contributed by atoms with Gasteiger partial charge in [-0.05, 0) is 37.2 Å². The minimum Gasteiger partial charge on any atom is -0.394 e. The van der Waals surface area contributed by atoms with Crippen LogP contribution >= 0.6 is 0 Å². The van der Waals surface area contributed by atoms with E-state index < -0.39 is 31.3 Å². The zero-order chi connectivity index (χ0) is 21.1. The molecule has 9 heteroatoms. The maximum absolute atomic E-state index is 14.3. The monoisotopic (exact) mass is 418 g/mol. The van der Waals surface area contributed by atoms with E-state index >= 15 is 0 Å². The molecule has 1 aliphatic carbocycles. The predicted octanol–water partition coefficient (Wildman–Crippen LogP) is 4.17. The number of nitrogens with one attached hydrogen (secondary N) is 1. The van der Waals surface area contributed by atoms with Crippen molar-refractivity contribution >= 4 is 11.7 Å². The molecule has 162 valence electrons. The van der Waals surface area contributed by atoms with Gasteiger partial charge >= 0.3 is 6.61 Å². The highest BCUT2D eigenvalue weighted by molar-refractivity contribution is 5.98. The Balaban J connectivity index is 1.84. The number of halogens is 4. The lowest BCUT2D eigenvalue weighted by atomic mass is 10.1. The van der Waals surface area contributed by atoms with Gasteiger partial charge in [0, 0.05) is 6.42 Å². The maximum atomic E-state index is 14.3. The number of amidine groups is 1. The highest BCUT2D eigenvalue weighted by Crippen LogP contribution is 2.28. The van der Waals surface area contributed by atoms with Crippen LogP contribution in [0, 0.1) is 5.92 Å². The number of nitrogens with zero attached hydrogens (tertiary/aromatic N) is 1. The Morgan fingerprint density at radius 1 is 1.14 bits per heavy atom. The van der Waals surface area contributed by atoms with Gasteiger partial charge in [-0.25, -0.2) is 8.78 Å². The summed E-state index contributed by atoms with van der Waals surface area (Å²) in [6, 6.07) is 8.95. The molecule has 1 fully saturated rings. The third-order valence-corrected chi connectivity index (χ3v) is 4.32. The molecule has 0 radical (unpaired) electrons. The number of benzene rings is 1. The third-order valence-electron chi connectivity index (χ3n) is 4.32. The van der Waals surface area contributed by atoms with Crippen molar-refractivity contribution in [1.82, 2.24) is 5.32 Å². The van der Waals surface area contributed by atoms with Crippen molar-refractivity contribution in [2.24, 2.45) is 11.1 Å². The fourth-order valence-corrected chi connectivity index (χ4v) is 2.55. The lowest BCUT2D eigenvalue weighted by molar-refractivity contribution is -0.130. The first-order valence-electron chi connectivity index (χ1n) is 9.64. The summed E-state index contributed by atoms with van der Waals surface area (Å²) in [6.07, 6.45) is -2.53. The largest absolute Gasteiger partial charge is 0.394 e. The average Bonchev–Trinajstić information content (AvgIpc) is 3.49. The molecule has 0 heterocycles. The van der Waals surface area contributed by atoms with E-state index in [2.05, 4.69) is 15.2 Å². The summed E-state index contributed by atoms with van der Waals surface area (Å²) < 4.78 is 56.1. The summed E-state index contributed by atoms with van der Waals surface area (Å²) in [5.74, 6) is -0.103. The number of oxime groups is 1. The molecule has 1 aromatic carbocycles. The Morgan fingerprint density at radius 3 is 2.52 bits per heavy atom. The van der Waals surface area contributed by atoms with Crippen LogP contribution in [-0.2, 0) is 20.8 Å². The van der Waals surface area contributed by atoms with Crippen molar-refractivity contribution in [3.63, 3.8) is 0 Å². The van der Waals surface area contributed by atoms with E-state index in [9.17, 15) is 22.4 Å². The zero-order valence-electron chi connectivity index (χ0n) is 16.0. The Kier molecular flexibility index (Phi) is 9.90. The molecule has 1 N–H and O–H groups in total. The number of carbonyl (C=O) groups is 1. The molecule has 0 bridgehead atoms. The molecule has 0 saturated heterocycles. The summed E-state index contributed by atoms with van der Waals surface area (Å²) in [5.41, 5.74) is 0.766. The van der Waals surface area contributed by atoms with Gasteiger partial charge in [-0.15, -0.1) is 0 Å². The second kappa shape index (κ2) is 12.4. The summed E-state index contributed by atoms with van der Waals surface area (Å²) in [4.78, 5) is 17.4. The van der Waals surface area contributed by atoms with Gasteiger partial charge in [-0.2, -0.15) is 8.78 Å². The first kappa shape index (κ1) is 23.1. The summed E-state index contributed by atoms with van der Waals surface area (Å²) in [5, 5.41) is 6.26. The van der Waals surface area contributed by atoms with E-state index in [1.54, 1.807) is 24.3 Å². The lowest BCUT2D eigenvalue weighted by Crippen LogP contribution is -2.35. The molecular weight excluding hydrogens is 392 g/mol. The van der Waals surface area contributed by atoms with Crippen molar-refractivity contribution in [1.29, 1.82) is 0 Å². The normalized spacial score (nSPS) is 16.5. The maximum Gasteiger partial charge on any atom is 0.345 e. The minimum absolute atomic E-state index is 0.0447. The second-order valence-electron chi connectivity index (χ2n) is 7.00. The van der Waals surface area contributed by atoms with E-state index in [0.29, 0.717) is 12.5 Å². The van der Waals surface area contributed by atoms with E-state index in [-0.39, 0.29) is 31.7 Å². The summed E-state index contributed by atoms with van der Waals surface area (Å²) in [7, 11) is 0. The summed E-state index contributed by atoms with van der Waals surface area (Å²) in [6.45, 7) is -2.93. The van der Waals surface area contributed by atoms with Gasteiger partial charge in [-0.3, -0.25) is 4.79 Å². The standard InChI is InChI=1S/C20H26F4N2O3/c21-16(7-4-10-28-20(23)24)17(22)12-18(26-29-13-15-8-9-15)25-19(27)11-14-5-2-1-3-6-14/h1-3,5-6,15-17,20H,4,7-13H2,(H,25,26,27). The van der Waals surface area contributed by atoms with Gasteiger partial charge in [0.1, 0.15) is 19.0 Å². The fourth-order valence-electron chi connectivity index (χ4n) is 2.55. The molecule has 1 aromatic rings. The van der Waals surface area contributed by atoms with Crippen LogP contribution in [0.1, 0.15) is 37.7 Å². The SMILES string of the molecule is O=C(Cc1ccccc1)N/C(CC(F)C(F)CCCOC(F)F)=N\OCC1CC1. The van der Waals surface area contributed by atoms with Crippen LogP contribution in [0.15, 0.2) is 35.5 Å².